The molecule has 0 aromatic heterocycles. The van der Waals surface area contributed by atoms with E-state index >= 15 is 0 Å². The maximum Gasteiger partial charge on any atom is 0.308 e. The van der Waals surface area contributed by atoms with Crippen LogP contribution in [0.1, 0.15) is 69.8 Å². The van der Waals surface area contributed by atoms with Crippen LogP contribution in [0.5, 0.6) is 5.75 Å². The van der Waals surface area contributed by atoms with Crippen molar-refractivity contribution in [2.24, 2.45) is 0 Å². The second-order valence-corrected chi connectivity index (χ2v) is 10.5. The molecule has 1 saturated heterocycles. The third kappa shape index (κ3) is 6.10. The Labute approximate surface area is 219 Å². The summed E-state index contributed by atoms with van der Waals surface area (Å²) in [6.07, 6.45) is 0. The number of esters is 1. The first-order valence-electron chi connectivity index (χ1n) is 12.8. The van der Waals surface area contributed by atoms with Gasteiger partial charge in [-0.3, -0.25) is 14.4 Å². The van der Waals surface area contributed by atoms with Crippen LogP contribution in [0.15, 0.2) is 48.0 Å². The number of hydrogen-bond acceptors (Lipinski definition) is 6. The van der Waals surface area contributed by atoms with Gasteiger partial charge in [-0.05, 0) is 60.3 Å². The average Bonchev–Trinajstić information content (AvgIpc) is 3.08. The number of ether oxygens (including phenoxy) is 1. The van der Waals surface area contributed by atoms with Gasteiger partial charge >= 0.3 is 5.97 Å². The quantitative estimate of drug-likeness (QED) is 0.179. The number of likely N-dealkylation sites (tertiary alicyclic amines) is 1. The van der Waals surface area contributed by atoms with E-state index in [1.54, 1.807) is 24.3 Å². The van der Waals surface area contributed by atoms with Crippen molar-refractivity contribution in [3.63, 3.8) is 0 Å². The lowest BCUT2D eigenvalue weighted by Gasteiger charge is -2.28. The number of Topliss-reactive ketones (excluding diaryl/α,β-unsaturated/α-hetero) is 1. The smallest absolute Gasteiger partial charge is 0.308 e. The SMILES string of the molecule is CCN(CC)CCN1C(=O)C(=O)/C(=C(/O)c2cc(C(C)(C)C)ccc2C)C1c1cccc(OC(C)=O)c1. The molecule has 0 spiro atoms. The number of carbonyl (C=O) groups is 3. The van der Waals surface area contributed by atoms with Crippen molar-refractivity contribution in [3.05, 3.63) is 70.3 Å². The molecule has 0 aliphatic carbocycles. The molecule has 1 atom stereocenters. The predicted octanol–water partition coefficient (Wildman–Crippen LogP) is 4.98. The van der Waals surface area contributed by atoms with Crippen LogP contribution in [0.4, 0.5) is 0 Å². The number of aliphatic hydroxyl groups excluding tert-OH is 1. The topological polar surface area (TPSA) is 87.2 Å². The number of ketones is 1. The van der Waals surface area contributed by atoms with Crippen molar-refractivity contribution in [3.8, 4) is 5.75 Å². The molecule has 0 saturated carbocycles. The number of nitrogens with zero attached hydrogens (tertiary/aromatic N) is 2. The van der Waals surface area contributed by atoms with Gasteiger partial charge in [0.15, 0.2) is 0 Å². The summed E-state index contributed by atoms with van der Waals surface area (Å²) in [5.41, 5.74) is 2.78. The van der Waals surface area contributed by atoms with Crippen LogP contribution >= 0.6 is 0 Å². The Kier molecular flexibility index (Phi) is 8.59. The van der Waals surface area contributed by atoms with E-state index in [1.165, 1.54) is 11.8 Å². The highest BCUT2D eigenvalue weighted by Crippen LogP contribution is 2.41. The fourth-order valence-electron chi connectivity index (χ4n) is 4.65. The van der Waals surface area contributed by atoms with Crippen molar-refractivity contribution in [2.75, 3.05) is 26.2 Å². The van der Waals surface area contributed by atoms with E-state index in [9.17, 15) is 19.5 Å². The highest BCUT2D eigenvalue weighted by Gasteiger charge is 2.46. The molecule has 198 valence electrons. The average molecular weight is 507 g/mol. The summed E-state index contributed by atoms with van der Waals surface area (Å²) in [5.74, 6) is -1.73. The first-order chi connectivity index (χ1) is 17.4. The summed E-state index contributed by atoms with van der Waals surface area (Å²) in [7, 11) is 0. The van der Waals surface area contributed by atoms with Gasteiger partial charge in [0.1, 0.15) is 11.5 Å². The first-order valence-corrected chi connectivity index (χ1v) is 12.8. The van der Waals surface area contributed by atoms with Crippen LogP contribution in [-0.4, -0.2) is 58.7 Å². The van der Waals surface area contributed by atoms with Gasteiger partial charge in [-0.2, -0.15) is 0 Å². The molecule has 1 aliphatic rings. The molecule has 1 N–H and O–H groups in total. The van der Waals surface area contributed by atoms with Gasteiger partial charge in [-0.1, -0.05) is 58.9 Å². The van der Waals surface area contributed by atoms with E-state index in [2.05, 4.69) is 25.7 Å². The molecule has 1 unspecified atom stereocenters. The summed E-state index contributed by atoms with van der Waals surface area (Å²) in [4.78, 5) is 42.0. The number of amides is 1. The van der Waals surface area contributed by atoms with Gasteiger partial charge < -0.3 is 19.6 Å². The lowest BCUT2D eigenvalue weighted by atomic mass is 9.84. The minimum absolute atomic E-state index is 0.0404. The number of hydrogen-bond donors (Lipinski definition) is 1. The molecule has 1 fully saturated rings. The van der Waals surface area contributed by atoms with Crippen molar-refractivity contribution in [1.29, 1.82) is 0 Å². The van der Waals surface area contributed by atoms with Crippen molar-refractivity contribution < 1.29 is 24.2 Å². The maximum absolute atomic E-state index is 13.4. The molecule has 7 heteroatoms. The largest absolute Gasteiger partial charge is 0.507 e. The lowest BCUT2D eigenvalue weighted by molar-refractivity contribution is -0.140. The summed E-state index contributed by atoms with van der Waals surface area (Å²) in [5, 5.41) is 11.6. The zero-order chi connectivity index (χ0) is 27.5. The van der Waals surface area contributed by atoms with Gasteiger partial charge in [0.2, 0.25) is 0 Å². The number of rotatable bonds is 8. The molecule has 0 radical (unpaired) electrons. The Hall–Kier alpha value is -3.45. The highest BCUT2D eigenvalue weighted by atomic mass is 16.5. The van der Waals surface area contributed by atoms with Gasteiger partial charge in [0.05, 0.1) is 11.6 Å². The molecule has 0 bridgehead atoms. The summed E-state index contributed by atoms with van der Waals surface area (Å²) < 4.78 is 5.27. The molecule has 1 aliphatic heterocycles. The maximum atomic E-state index is 13.4. The number of aliphatic hydroxyl groups is 1. The van der Waals surface area contributed by atoms with E-state index in [-0.39, 0.29) is 16.7 Å². The van der Waals surface area contributed by atoms with E-state index < -0.39 is 23.7 Å². The summed E-state index contributed by atoms with van der Waals surface area (Å²) in [6, 6.07) is 11.8. The molecule has 7 nitrogen and oxygen atoms in total. The Bertz CT molecular complexity index is 1220. The molecular weight excluding hydrogens is 468 g/mol. The Morgan fingerprint density at radius 1 is 1.08 bits per heavy atom. The van der Waals surface area contributed by atoms with Crippen LogP contribution in [0, 0.1) is 6.92 Å². The Balaban J connectivity index is 2.21. The fraction of sp³-hybridized carbons (Fsp3) is 0.433. The van der Waals surface area contributed by atoms with Crippen LogP contribution in [-0.2, 0) is 19.8 Å². The van der Waals surface area contributed by atoms with Gasteiger partial charge in [-0.25, -0.2) is 0 Å². The van der Waals surface area contributed by atoms with Crippen LogP contribution in [0.2, 0.25) is 0 Å². The van der Waals surface area contributed by atoms with Crippen molar-refractivity contribution in [2.45, 2.75) is 59.9 Å². The normalized spacial score (nSPS) is 17.5. The highest BCUT2D eigenvalue weighted by molar-refractivity contribution is 6.46. The minimum atomic E-state index is -0.816. The zero-order valence-electron chi connectivity index (χ0n) is 22.9. The van der Waals surface area contributed by atoms with E-state index in [0.717, 1.165) is 24.2 Å². The zero-order valence-corrected chi connectivity index (χ0v) is 22.9. The number of likely N-dealkylation sites (N-methyl/N-ethyl adjacent to an activating group) is 1. The Morgan fingerprint density at radius 2 is 1.76 bits per heavy atom. The van der Waals surface area contributed by atoms with E-state index in [0.29, 0.717) is 30.0 Å². The number of benzene rings is 2. The molecular formula is C30H38N2O5. The monoisotopic (exact) mass is 506 g/mol. The van der Waals surface area contributed by atoms with E-state index in [4.69, 9.17) is 4.74 Å². The van der Waals surface area contributed by atoms with Gasteiger partial charge in [0.25, 0.3) is 11.7 Å². The fourth-order valence-corrected chi connectivity index (χ4v) is 4.65. The standard InChI is InChI=1S/C30H38N2O5/c1-8-31(9-2)15-16-32-26(21-11-10-12-23(17-21)37-20(4)33)25(28(35)29(32)36)27(34)24-18-22(30(5,6)7)14-13-19(24)3/h10-14,17-18,26,34H,8-9,15-16H2,1-7H3/b27-25+. The number of carbonyl (C=O) groups excluding carboxylic acids is 3. The molecule has 1 heterocycles. The second kappa shape index (κ2) is 11.3. The van der Waals surface area contributed by atoms with Crippen LogP contribution < -0.4 is 4.74 Å². The third-order valence-electron chi connectivity index (χ3n) is 6.89. The number of aryl methyl sites for hydroxylation is 1. The summed E-state index contributed by atoms with van der Waals surface area (Å²) in [6.45, 7) is 16.0. The first kappa shape index (κ1) is 28.1. The molecule has 2 aromatic rings. The van der Waals surface area contributed by atoms with E-state index in [1.807, 2.05) is 39.0 Å². The van der Waals surface area contributed by atoms with Crippen LogP contribution in [0.3, 0.4) is 0 Å². The molecule has 37 heavy (non-hydrogen) atoms. The molecule has 2 aromatic carbocycles. The molecule has 1 amide bonds. The van der Waals surface area contributed by atoms with Crippen LogP contribution in [0.25, 0.3) is 5.76 Å². The van der Waals surface area contributed by atoms with Gasteiger partial charge in [0, 0.05) is 25.6 Å². The van der Waals surface area contributed by atoms with Crippen molar-refractivity contribution in [1.82, 2.24) is 9.80 Å². The van der Waals surface area contributed by atoms with Gasteiger partial charge in [-0.15, -0.1) is 0 Å². The third-order valence-corrected chi connectivity index (χ3v) is 6.89. The second-order valence-electron chi connectivity index (χ2n) is 10.5. The predicted molar refractivity (Wildman–Crippen MR) is 144 cm³/mol. The summed E-state index contributed by atoms with van der Waals surface area (Å²) >= 11 is 0. The molecule has 3 rings (SSSR count). The Morgan fingerprint density at radius 3 is 2.35 bits per heavy atom. The minimum Gasteiger partial charge on any atom is -0.507 e. The lowest BCUT2D eigenvalue weighted by Crippen LogP contribution is -2.38. The van der Waals surface area contributed by atoms with Crippen molar-refractivity contribution >= 4 is 23.4 Å².